The standard InChI is InChI=1S/C11H12F2O2.ClH/c1-8(14)15-4-2-3-9-5-10(12)7-11(13)6-9;/h5-7H,2-4H2,1H3;1H. The van der Waals surface area contributed by atoms with Crippen molar-refractivity contribution < 1.29 is 18.3 Å². The highest BCUT2D eigenvalue weighted by Gasteiger charge is 2.01. The third-order valence-electron chi connectivity index (χ3n) is 1.84. The smallest absolute Gasteiger partial charge is 0.302 e. The lowest BCUT2D eigenvalue weighted by Crippen LogP contribution is -2.02. The Labute approximate surface area is 99.0 Å². The summed E-state index contributed by atoms with van der Waals surface area (Å²) in [4.78, 5) is 10.4. The predicted octanol–water partition coefficient (Wildman–Crippen LogP) is 2.88. The van der Waals surface area contributed by atoms with Gasteiger partial charge in [-0.25, -0.2) is 8.78 Å². The molecule has 0 radical (unpaired) electrons. The van der Waals surface area contributed by atoms with Gasteiger partial charge >= 0.3 is 5.97 Å². The number of carbonyl (C=O) groups excluding carboxylic acids is 1. The van der Waals surface area contributed by atoms with E-state index in [1.54, 1.807) is 0 Å². The molecule has 0 aliphatic rings. The van der Waals surface area contributed by atoms with Crippen molar-refractivity contribution in [2.75, 3.05) is 6.61 Å². The summed E-state index contributed by atoms with van der Waals surface area (Å²) in [6.45, 7) is 1.59. The second-order valence-corrected chi connectivity index (χ2v) is 3.22. The fourth-order valence-corrected chi connectivity index (χ4v) is 1.25. The third kappa shape index (κ3) is 5.66. The summed E-state index contributed by atoms with van der Waals surface area (Å²) >= 11 is 0. The molecule has 5 heteroatoms. The molecule has 16 heavy (non-hydrogen) atoms. The number of halogens is 3. The second kappa shape index (κ2) is 7.17. The van der Waals surface area contributed by atoms with Crippen LogP contribution in [0, 0.1) is 11.6 Å². The van der Waals surface area contributed by atoms with Gasteiger partial charge in [0.1, 0.15) is 11.6 Å². The number of ether oxygens (including phenoxy) is 1. The van der Waals surface area contributed by atoms with Crippen LogP contribution in [0.4, 0.5) is 8.78 Å². The number of benzene rings is 1. The zero-order valence-corrected chi connectivity index (χ0v) is 9.65. The number of esters is 1. The van der Waals surface area contributed by atoms with E-state index < -0.39 is 11.6 Å². The largest absolute Gasteiger partial charge is 0.466 e. The van der Waals surface area contributed by atoms with E-state index >= 15 is 0 Å². The normalized spacial score (nSPS) is 9.44. The summed E-state index contributed by atoms with van der Waals surface area (Å²) in [7, 11) is 0. The third-order valence-corrected chi connectivity index (χ3v) is 1.84. The lowest BCUT2D eigenvalue weighted by Gasteiger charge is -2.03. The van der Waals surface area contributed by atoms with Crippen molar-refractivity contribution in [1.82, 2.24) is 0 Å². The first-order chi connectivity index (χ1) is 7.08. The fraction of sp³-hybridized carbons (Fsp3) is 0.364. The molecule has 0 heterocycles. The van der Waals surface area contributed by atoms with Crippen LogP contribution in [0.2, 0.25) is 0 Å². The predicted molar refractivity (Wildman–Crippen MR) is 58.6 cm³/mol. The van der Waals surface area contributed by atoms with Crippen LogP contribution < -0.4 is 0 Å². The van der Waals surface area contributed by atoms with Crippen molar-refractivity contribution in [3.63, 3.8) is 0 Å². The minimum atomic E-state index is -0.586. The average Bonchev–Trinajstić information content (AvgIpc) is 2.10. The summed E-state index contributed by atoms with van der Waals surface area (Å²) in [5.74, 6) is -1.52. The Balaban J connectivity index is 0.00000225. The first kappa shape index (κ1) is 14.8. The molecule has 0 saturated heterocycles. The number of rotatable bonds is 4. The van der Waals surface area contributed by atoms with Crippen molar-refractivity contribution in [3.05, 3.63) is 35.4 Å². The molecule has 1 rings (SSSR count). The summed E-state index contributed by atoms with van der Waals surface area (Å²) in [6.07, 6.45) is 1.05. The van der Waals surface area contributed by atoms with E-state index in [0.717, 1.165) is 6.07 Å². The maximum Gasteiger partial charge on any atom is 0.302 e. The molecular weight excluding hydrogens is 238 g/mol. The number of hydrogen-bond acceptors (Lipinski definition) is 2. The highest BCUT2D eigenvalue weighted by atomic mass is 35.5. The minimum absolute atomic E-state index is 0. The van der Waals surface area contributed by atoms with Gasteiger partial charge in [-0.05, 0) is 30.5 Å². The van der Waals surface area contributed by atoms with Crippen molar-refractivity contribution in [1.29, 1.82) is 0 Å². The monoisotopic (exact) mass is 250 g/mol. The van der Waals surface area contributed by atoms with E-state index in [-0.39, 0.29) is 25.0 Å². The van der Waals surface area contributed by atoms with Gasteiger partial charge in [-0.2, -0.15) is 0 Å². The van der Waals surface area contributed by atoms with Crippen LogP contribution in [0.1, 0.15) is 18.9 Å². The Morgan fingerprint density at radius 1 is 1.25 bits per heavy atom. The quantitative estimate of drug-likeness (QED) is 0.607. The van der Waals surface area contributed by atoms with Gasteiger partial charge in [0.15, 0.2) is 0 Å². The zero-order chi connectivity index (χ0) is 11.3. The molecule has 0 aliphatic carbocycles. The Hall–Kier alpha value is -1.16. The Morgan fingerprint density at radius 2 is 1.81 bits per heavy atom. The van der Waals surface area contributed by atoms with E-state index in [0.29, 0.717) is 18.4 Å². The molecule has 0 spiro atoms. The molecule has 0 aliphatic heterocycles. The molecular formula is C11H13ClF2O2. The zero-order valence-electron chi connectivity index (χ0n) is 8.83. The van der Waals surface area contributed by atoms with Crippen LogP contribution in [-0.4, -0.2) is 12.6 Å². The molecule has 0 bridgehead atoms. The molecule has 2 nitrogen and oxygen atoms in total. The highest BCUT2D eigenvalue weighted by Crippen LogP contribution is 2.09. The van der Waals surface area contributed by atoms with Gasteiger partial charge in [-0.1, -0.05) is 0 Å². The Morgan fingerprint density at radius 3 is 2.31 bits per heavy atom. The van der Waals surface area contributed by atoms with E-state index in [1.807, 2.05) is 0 Å². The highest BCUT2D eigenvalue weighted by molar-refractivity contribution is 5.85. The van der Waals surface area contributed by atoms with Crippen LogP contribution in [-0.2, 0) is 16.0 Å². The van der Waals surface area contributed by atoms with Crippen molar-refractivity contribution in [2.45, 2.75) is 19.8 Å². The van der Waals surface area contributed by atoms with Crippen LogP contribution in [0.5, 0.6) is 0 Å². The van der Waals surface area contributed by atoms with Crippen LogP contribution in [0.3, 0.4) is 0 Å². The van der Waals surface area contributed by atoms with Crippen molar-refractivity contribution in [2.24, 2.45) is 0 Å². The van der Waals surface area contributed by atoms with E-state index in [9.17, 15) is 13.6 Å². The molecule has 0 amide bonds. The van der Waals surface area contributed by atoms with Gasteiger partial charge in [0.2, 0.25) is 0 Å². The number of hydrogen-bond donors (Lipinski definition) is 0. The maximum absolute atomic E-state index is 12.7. The molecule has 90 valence electrons. The van der Waals surface area contributed by atoms with E-state index in [1.165, 1.54) is 19.1 Å². The molecule has 0 aromatic heterocycles. The average molecular weight is 251 g/mol. The minimum Gasteiger partial charge on any atom is -0.466 e. The van der Waals surface area contributed by atoms with Crippen molar-refractivity contribution in [3.8, 4) is 0 Å². The topological polar surface area (TPSA) is 26.3 Å². The number of carbonyl (C=O) groups is 1. The summed E-state index contributed by atoms with van der Waals surface area (Å²) < 4.78 is 30.2. The van der Waals surface area contributed by atoms with Crippen molar-refractivity contribution >= 4 is 18.4 Å². The van der Waals surface area contributed by atoms with Gasteiger partial charge in [-0.15, -0.1) is 12.4 Å². The van der Waals surface area contributed by atoms with E-state index in [4.69, 9.17) is 4.74 Å². The lowest BCUT2D eigenvalue weighted by molar-refractivity contribution is -0.141. The molecule has 0 fully saturated rings. The summed E-state index contributed by atoms with van der Waals surface area (Å²) in [6, 6.07) is 3.38. The van der Waals surface area contributed by atoms with Crippen LogP contribution in [0.25, 0.3) is 0 Å². The Kier molecular flexibility index (Phi) is 6.65. The molecule has 0 atom stereocenters. The lowest BCUT2D eigenvalue weighted by atomic mass is 10.1. The van der Waals surface area contributed by atoms with Gasteiger partial charge < -0.3 is 4.74 Å². The van der Waals surface area contributed by atoms with Gasteiger partial charge in [0.25, 0.3) is 0 Å². The molecule has 0 N–H and O–H groups in total. The fourth-order valence-electron chi connectivity index (χ4n) is 1.25. The second-order valence-electron chi connectivity index (χ2n) is 3.22. The molecule has 0 saturated carbocycles. The van der Waals surface area contributed by atoms with Crippen LogP contribution in [0.15, 0.2) is 18.2 Å². The van der Waals surface area contributed by atoms with Gasteiger partial charge in [0, 0.05) is 13.0 Å². The molecule has 0 unspecified atom stereocenters. The van der Waals surface area contributed by atoms with Gasteiger partial charge in [0.05, 0.1) is 6.61 Å². The first-order valence-electron chi connectivity index (χ1n) is 4.66. The maximum atomic E-state index is 12.7. The van der Waals surface area contributed by atoms with Gasteiger partial charge in [-0.3, -0.25) is 4.79 Å². The molecule has 1 aromatic carbocycles. The SMILES string of the molecule is CC(=O)OCCCc1cc(F)cc(F)c1.Cl. The number of aryl methyl sites for hydroxylation is 1. The van der Waals surface area contributed by atoms with E-state index in [2.05, 4.69) is 0 Å². The first-order valence-corrected chi connectivity index (χ1v) is 4.66. The summed E-state index contributed by atoms with van der Waals surface area (Å²) in [5.41, 5.74) is 0.569. The Bertz CT molecular complexity index is 336. The van der Waals surface area contributed by atoms with Crippen LogP contribution >= 0.6 is 12.4 Å². The molecule has 1 aromatic rings. The summed E-state index contributed by atoms with van der Waals surface area (Å²) in [5, 5.41) is 0.